The second-order valence-electron chi connectivity index (χ2n) is 4.87. The van der Waals surface area contributed by atoms with Crippen LogP contribution in [0.1, 0.15) is 6.42 Å². The molecule has 1 fully saturated rings. The van der Waals surface area contributed by atoms with E-state index in [0.717, 1.165) is 42.1 Å². The van der Waals surface area contributed by atoms with Gasteiger partial charge in [-0.2, -0.15) is 0 Å². The lowest BCUT2D eigenvalue weighted by Gasteiger charge is -2.13. The molecule has 0 saturated carbocycles. The lowest BCUT2D eigenvalue weighted by Crippen LogP contribution is -2.19. The summed E-state index contributed by atoms with van der Waals surface area (Å²) < 4.78 is 11.2. The number of hydrogen-bond acceptors (Lipinski definition) is 4. The predicted molar refractivity (Wildman–Crippen MR) is 78.1 cm³/mol. The summed E-state index contributed by atoms with van der Waals surface area (Å²) in [5, 5.41) is 3.29. The van der Waals surface area contributed by atoms with E-state index in [1.165, 1.54) is 0 Å². The average molecular weight is 270 g/mol. The van der Waals surface area contributed by atoms with E-state index in [-0.39, 0.29) is 6.10 Å². The molecule has 1 saturated heterocycles. The SMILES string of the molecule is COc1cccc(-c2cncc(O[C@@H]3CCNC3)c2)c1. The molecule has 1 atom stereocenters. The van der Waals surface area contributed by atoms with Gasteiger partial charge < -0.3 is 14.8 Å². The van der Waals surface area contributed by atoms with Gasteiger partial charge in [-0.15, -0.1) is 0 Å². The number of nitrogens with zero attached hydrogens (tertiary/aromatic N) is 1. The first-order chi connectivity index (χ1) is 9.85. The highest BCUT2D eigenvalue weighted by Crippen LogP contribution is 2.26. The van der Waals surface area contributed by atoms with E-state index in [2.05, 4.69) is 10.3 Å². The molecule has 1 N–H and O–H groups in total. The highest BCUT2D eigenvalue weighted by molar-refractivity contribution is 5.65. The minimum absolute atomic E-state index is 0.248. The molecule has 0 aliphatic carbocycles. The Labute approximate surface area is 118 Å². The van der Waals surface area contributed by atoms with Crippen molar-refractivity contribution in [2.75, 3.05) is 20.2 Å². The largest absolute Gasteiger partial charge is 0.497 e. The lowest BCUT2D eigenvalue weighted by molar-refractivity contribution is 0.222. The molecule has 0 bridgehead atoms. The van der Waals surface area contributed by atoms with Gasteiger partial charge in [0.05, 0.1) is 13.3 Å². The zero-order chi connectivity index (χ0) is 13.8. The van der Waals surface area contributed by atoms with Crippen molar-refractivity contribution in [1.82, 2.24) is 10.3 Å². The van der Waals surface area contributed by atoms with E-state index in [1.54, 1.807) is 13.3 Å². The van der Waals surface area contributed by atoms with E-state index >= 15 is 0 Å². The van der Waals surface area contributed by atoms with Gasteiger partial charge in [0.15, 0.2) is 0 Å². The first kappa shape index (κ1) is 12.9. The molecule has 3 rings (SSSR count). The Bertz CT molecular complexity index is 580. The predicted octanol–water partition coefficient (Wildman–Crippen LogP) is 2.50. The van der Waals surface area contributed by atoms with Crippen molar-refractivity contribution < 1.29 is 9.47 Å². The number of methoxy groups -OCH3 is 1. The maximum atomic E-state index is 5.94. The Kier molecular flexibility index (Phi) is 3.83. The number of pyridine rings is 1. The maximum absolute atomic E-state index is 5.94. The molecule has 104 valence electrons. The smallest absolute Gasteiger partial charge is 0.138 e. The van der Waals surface area contributed by atoms with E-state index in [9.17, 15) is 0 Å². The zero-order valence-electron chi connectivity index (χ0n) is 11.5. The Morgan fingerprint density at radius 1 is 1.15 bits per heavy atom. The van der Waals surface area contributed by atoms with Crippen LogP contribution in [0.4, 0.5) is 0 Å². The summed E-state index contributed by atoms with van der Waals surface area (Å²) in [6.07, 6.45) is 4.90. The first-order valence-electron chi connectivity index (χ1n) is 6.82. The van der Waals surface area contributed by atoms with Gasteiger partial charge in [-0.1, -0.05) is 12.1 Å². The number of ether oxygens (including phenoxy) is 2. The van der Waals surface area contributed by atoms with Crippen LogP contribution in [0.3, 0.4) is 0 Å². The molecule has 4 nitrogen and oxygen atoms in total. The second-order valence-corrected chi connectivity index (χ2v) is 4.87. The van der Waals surface area contributed by atoms with Crippen LogP contribution in [0.15, 0.2) is 42.7 Å². The Morgan fingerprint density at radius 2 is 2.05 bits per heavy atom. The summed E-state index contributed by atoms with van der Waals surface area (Å²) in [5.41, 5.74) is 2.11. The number of nitrogens with one attached hydrogen (secondary N) is 1. The second kappa shape index (κ2) is 5.92. The molecule has 1 aliphatic rings. The summed E-state index contributed by atoms with van der Waals surface area (Å²) in [7, 11) is 1.67. The van der Waals surface area contributed by atoms with Crippen molar-refractivity contribution in [3.05, 3.63) is 42.7 Å². The van der Waals surface area contributed by atoms with Crippen LogP contribution in [0.2, 0.25) is 0 Å². The minimum Gasteiger partial charge on any atom is -0.497 e. The molecule has 1 aliphatic heterocycles. The van der Waals surface area contributed by atoms with Crippen molar-refractivity contribution in [2.24, 2.45) is 0 Å². The summed E-state index contributed by atoms with van der Waals surface area (Å²) in [6.45, 7) is 1.93. The van der Waals surface area contributed by atoms with Crippen LogP contribution in [0, 0.1) is 0 Å². The monoisotopic (exact) mass is 270 g/mol. The fourth-order valence-electron chi connectivity index (χ4n) is 2.36. The van der Waals surface area contributed by atoms with Gasteiger partial charge in [0.2, 0.25) is 0 Å². The van der Waals surface area contributed by atoms with Gasteiger partial charge in [-0.3, -0.25) is 4.98 Å². The van der Waals surface area contributed by atoms with Gasteiger partial charge in [0.1, 0.15) is 17.6 Å². The van der Waals surface area contributed by atoms with Crippen molar-refractivity contribution in [3.8, 4) is 22.6 Å². The number of aromatic nitrogens is 1. The molecule has 4 heteroatoms. The summed E-state index contributed by atoms with van der Waals surface area (Å²) >= 11 is 0. The fourth-order valence-corrected chi connectivity index (χ4v) is 2.36. The minimum atomic E-state index is 0.248. The van der Waals surface area contributed by atoms with E-state index in [0.29, 0.717) is 0 Å². The van der Waals surface area contributed by atoms with Crippen molar-refractivity contribution in [2.45, 2.75) is 12.5 Å². The third-order valence-corrected chi connectivity index (χ3v) is 3.43. The Hall–Kier alpha value is -2.07. The van der Waals surface area contributed by atoms with Crippen LogP contribution in [0.25, 0.3) is 11.1 Å². The first-order valence-corrected chi connectivity index (χ1v) is 6.82. The fraction of sp³-hybridized carbons (Fsp3) is 0.312. The molecule has 0 unspecified atom stereocenters. The van der Waals surface area contributed by atoms with Gasteiger partial charge in [-0.25, -0.2) is 0 Å². The number of hydrogen-bond donors (Lipinski definition) is 1. The van der Waals surface area contributed by atoms with E-state index in [1.807, 2.05) is 36.5 Å². The lowest BCUT2D eigenvalue weighted by atomic mass is 10.1. The van der Waals surface area contributed by atoms with Crippen molar-refractivity contribution in [3.63, 3.8) is 0 Å². The van der Waals surface area contributed by atoms with Gasteiger partial charge >= 0.3 is 0 Å². The Balaban J connectivity index is 1.82. The molecular formula is C16H18N2O2. The standard InChI is InChI=1S/C16H18N2O2/c1-19-14-4-2-3-12(7-14)13-8-16(11-18-9-13)20-15-5-6-17-10-15/h2-4,7-9,11,15,17H,5-6,10H2,1H3/t15-/m1/s1. The third kappa shape index (κ3) is 2.91. The van der Waals surface area contributed by atoms with Gasteiger partial charge in [-0.05, 0) is 36.7 Å². The van der Waals surface area contributed by atoms with Crippen LogP contribution in [0.5, 0.6) is 11.5 Å². The average Bonchev–Trinajstić information content (AvgIpc) is 3.00. The molecular weight excluding hydrogens is 252 g/mol. The van der Waals surface area contributed by atoms with Crippen LogP contribution >= 0.6 is 0 Å². The van der Waals surface area contributed by atoms with Gasteiger partial charge in [0.25, 0.3) is 0 Å². The van der Waals surface area contributed by atoms with Crippen molar-refractivity contribution in [1.29, 1.82) is 0 Å². The Morgan fingerprint density at radius 3 is 2.85 bits per heavy atom. The number of rotatable bonds is 4. The highest BCUT2D eigenvalue weighted by atomic mass is 16.5. The van der Waals surface area contributed by atoms with Crippen LogP contribution in [-0.4, -0.2) is 31.3 Å². The third-order valence-electron chi connectivity index (χ3n) is 3.43. The van der Waals surface area contributed by atoms with Crippen LogP contribution in [-0.2, 0) is 0 Å². The summed E-state index contributed by atoms with van der Waals surface area (Å²) in [4.78, 5) is 4.27. The number of benzene rings is 1. The topological polar surface area (TPSA) is 43.4 Å². The molecule has 2 aromatic rings. The van der Waals surface area contributed by atoms with E-state index < -0.39 is 0 Å². The molecule has 20 heavy (non-hydrogen) atoms. The molecule has 1 aromatic carbocycles. The molecule has 1 aromatic heterocycles. The normalized spacial score (nSPS) is 17.9. The van der Waals surface area contributed by atoms with Gasteiger partial charge in [0, 0.05) is 18.3 Å². The maximum Gasteiger partial charge on any atom is 0.138 e. The molecule has 0 radical (unpaired) electrons. The molecule has 0 amide bonds. The van der Waals surface area contributed by atoms with Crippen LogP contribution < -0.4 is 14.8 Å². The zero-order valence-corrected chi connectivity index (χ0v) is 11.5. The highest BCUT2D eigenvalue weighted by Gasteiger charge is 2.16. The summed E-state index contributed by atoms with van der Waals surface area (Å²) in [5.74, 6) is 1.66. The van der Waals surface area contributed by atoms with Crippen molar-refractivity contribution >= 4 is 0 Å². The quantitative estimate of drug-likeness (QED) is 0.927. The molecule has 2 heterocycles. The van der Waals surface area contributed by atoms with E-state index in [4.69, 9.17) is 9.47 Å². The summed E-state index contributed by atoms with van der Waals surface area (Å²) in [6, 6.07) is 9.97. The molecule has 0 spiro atoms.